The zero-order chi connectivity index (χ0) is 18.4. The third-order valence-corrected chi connectivity index (χ3v) is 4.31. The first-order valence-corrected chi connectivity index (χ1v) is 8.71. The molecule has 7 heteroatoms. The molecule has 25 heavy (non-hydrogen) atoms. The molecule has 1 aromatic carbocycles. The highest BCUT2D eigenvalue weighted by atomic mass is 35.5. The quantitative estimate of drug-likeness (QED) is 0.611. The van der Waals surface area contributed by atoms with E-state index in [2.05, 4.69) is 20.6 Å². The molecule has 0 aliphatic rings. The van der Waals surface area contributed by atoms with Crippen LogP contribution in [0.3, 0.4) is 0 Å². The fraction of sp³-hybridized carbons (Fsp3) is 0.333. The predicted octanol–water partition coefficient (Wildman–Crippen LogP) is 3.88. The normalized spacial score (nSPS) is 12.6. The highest BCUT2D eigenvalue weighted by molar-refractivity contribution is 6.35. The minimum atomic E-state index is -0.0156. The van der Waals surface area contributed by atoms with Gasteiger partial charge in [0.1, 0.15) is 5.82 Å². The van der Waals surface area contributed by atoms with Crippen molar-refractivity contribution in [1.29, 1.82) is 0 Å². The van der Waals surface area contributed by atoms with E-state index >= 15 is 0 Å². The summed E-state index contributed by atoms with van der Waals surface area (Å²) in [4.78, 5) is 10.7. The molecule has 0 bridgehead atoms. The Balaban J connectivity index is 2.04. The van der Waals surface area contributed by atoms with Crippen LogP contribution >= 0.6 is 23.2 Å². The summed E-state index contributed by atoms with van der Waals surface area (Å²) >= 11 is 12.2. The van der Waals surface area contributed by atoms with E-state index in [-0.39, 0.29) is 6.04 Å². The Morgan fingerprint density at radius 2 is 2.04 bits per heavy atom. The molecule has 0 aliphatic carbocycles. The number of nitrogens with zero attached hydrogens (tertiary/aromatic N) is 3. The van der Waals surface area contributed by atoms with Gasteiger partial charge in [-0.05, 0) is 30.7 Å². The van der Waals surface area contributed by atoms with Crippen molar-refractivity contribution >= 4 is 35.0 Å². The van der Waals surface area contributed by atoms with Gasteiger partial charge in [-0.1, -0.05) is 35.3 Å². The minimum absolute atomic E-state index is 0.0156. The molecule has 0 amide bonds. The molecule has 1 aromatic heterocycles. The highest BCUT2D eigenvalue weighted by Gasteiger charge is 2.12. The van der Waals surface area contributed by atoms with Crippen molar-refractivity contribution in [2.45, 2.75) is 19.5 Å². The molecule has 0 fully saturated rings. The van der Waals surface area contributed by atoms with E-state index in [1.54, 1.807) is 19.3 Å². The molecule has 1 heterocycles. The van der Waals surface area contributed by atoms with Crippen molar-refractivity contribution < 1.29 is 0 Å². The first-order valence-electron chi connectivity index (χ1n) is 7.95. The summed E-state index contributed by atoms with van der Waals surface area (Å²) in [6, 6.07) is 9.44. The maximum Gasteiger partial charge on any atom is 0.191 e. The zero-order valence-corrected chi connectivity index (χ0v) is 16.4. The average Bonchev–Trinajstić information content (AvgIpc) is 2.58. The number of benzene rings is 1. The lowest BCUT2D eigenvalue weighted by Gasteiger charge is -2.21. The van der Waals surface area contributed by atoms with Crippen molar-refractivity contribution in [1.82, 2.24) is 15.6 Å². The number of aliphatic imine (C=N–C) groups is 1. The molecule has 0 radical (unpaired) electrons. The summed E-state index contributed by atoms with van der Waals surface area (Å²) in [5.41, 5.74) is 2.05. The van der Waals surface area contributed by atoms with Gasteiger partial charge in [0.2, 0.25) is 0 Å². The summed E-state index contributed by atoms with van der Waals surface area (Å²) in [6.07, 6.45) is 1.79. The Bertz CT molecular complexity index is 746. The van der Waals surface area contributed by atoms with Gasteiger partial charge in [0.15, 0.2) is 5.96 Å². The van der Waals surface area contributed by atoms with Gasteiger partial charge >= 0.3 is 0 Å². The van der Waals surface area contributed by atoms with Crippen molar-refractivity contribution in [2.24, 2.45) is 4.99 Å². The van der Waals surface area contributed by atoms with E-state index in [0.29, 0.717) is 22.5 Å². The van der Waals surface area contributed by atoms with E-state index < -0.39 is 0 Å². The second kappa shape index (κ2) is 8.92. The molecular formula is C18H23Cl2N5. The number of pyridine rings is 1. The number of guanidine groups is 1. The van der Waals surface area contributed by atoms with Crippen LogP contribution in [0.5, 0.6) is 0 Å². The van der Waals surface area contributed by atoms with E-state index in [0.717, 1.165) is 16.9 Å². The SMILES string of the molecule is CN=C(NCc1cccnc1N(C)C)NC(C)c1ccc(Cl)cc1Cl. The molecule has 2 rings (SSSR count). The Labute approximate surface area is 159 Å². The summed E-state index contributed by atoms with van der Waals surface area (Å²) in [7, 11) is 5.69. The van der Waals surface area contributed by atoms with Crippen LogP contribution in [0.1, 0.15) is 24.1 Å². The molecule has 2 N–H and O–H groups in total. The van der Waals surface area contributed by atoms with Crippen LogP contribution in [0.4, 0.5) is 5.82 Å². The van der Waals surface area contributed by atoms with Gasteiger partial charge in [0.25, 0.3) is 0 Å². The maximum absolute atomic E-state index is 6.28. The van der Waals surface area contributed by atoms with E-state index in [1.807, 2.05) is 50.2 Å². The molecule has 0 aliphatic heterocycles. The minimum Gasteiger partial charge on any atom is -0.362 e. The van der Waals surface area contributed by atoms with Crippen LogP contribution in [0.25, 0.3) is 0 Å². The first-order chi connectivity index (χ1) is 11.9. The summed E-state index contributed by atoms with van der Waals surface area (Å²) in [6.45, 7) is 2.64. The zero-order valence-electron chi connectivity index (χ0n) is 14.8. The smallest absolute Gasteiger partial charge is 0.191 e. The van der Waals surface area contributed by atoms with Gasteiger partial charge in [-0.25, -0.2) is 4.98 Å². The van der Waals surface area contributed by atoms with Crippen LogP contribution in [0.15, 0.2) is 41.5 Å². The first kappa shape index (κ1) is 19.3. The molecular weight excluding hydrogens is 357 g/mol. The molecule has 1 unspecified atom stereocenters. The van der Waals surface area contributed by atoms with Crippen LogP contribution in [0, 0.1) is 0 Å². The Morgan fingerprint density at radius 1 is 1.28 bits per heavy atom. The lowest BCUT2D eigenvalue weighted by atomic mass is 10.1. The van der Waals surface area contributed by atoms with Gasteiger partial charge < -0.3 is 15.5 Å². The van der Waals surface area contributed by atoms with Crippen LogP contribution < -0.4 is 15.5 Å². The standard InChI is InChI=1S/C18H23Cl2N5/c1-12(15-8-7-14(19)10-16(15)20)24-18(21-2)23-11-13-6-5-9-22-17(13)25(3)4/h5-10,12H,11H2,1-4H3,(H2,21,23,24). The van der Waals surface area contributed by atoms with Gasteiger partial charge in [0, 0.05) is 49.5 Å². The fourth-order valence-electron chi connectivity index (χ4n) is 2.48. The molecule has 134 valence electrons. The molecule has 2 aromatic rings. The highest BCUT2D eigenvalue weighted by Crippen LogP contribution is 2.26. The van der Waals surface area contributed by atoms with Crippen molar-refractivity contribution in [3.05, 3.63) is 57.7 Å². The summed E-state index contributed by atoms with van der Waals surface area (Å²) < 4.78 is 0. The summed E-state index contributed by atoms with van der Waals surface area (Å²) in [5, 5.41) is 7.91. The fourth-order valence-corrected chi connectivity index (χ4v) is 3.05. The van der Waals surface area contributed by atoms with Gasteiger partial charge in [-0.2, -0.15) is 0 Å². The second-order valence-electron chi connectivity index (χ2n) is 5.84. The van der Waals surface area contributed by atoms with Gasteiger partial charge in [0.05, 0.1) is 6.04 Å². The largest absolute Gasteiger partial charge is 0.362 e. The van der Waals surface area contributed by atoms with Crippen LogP contribution in [-0.2, 0) is 6.54 Å². The number of halogens is 2. The van der Waals surface area contributed by atoms with Crippen molar-refractivity contribution in [3.8, 4) is 0 Å². The lowest BCUT2D eigenvalue weighted by Crippen LogP contribution is -2.38. The van der Waals surface area contributed by atoms with Gasteiger partial charge in [-0.3, -0.25) is 4.99 Å². The second-order valence-corrected chi connectivity index (χ2v) is 6.68. The third kappa shape index (κ3) is 5.25. The number of rotatable bonds is 5. The Kier molecular flexibility index (Phi) is 6.91. The third-order valence-electron chi connectivity index (χ3n) is 3.74. The van der Waals surface area contributed by atoms with E-state index in [9.17, 15) is 0 Å². The Morgan fingerprint density at radius 3 is 2.68 bits per heavy atom. The van der Waals surface area contributed by atoms with Crippen molar-refractivity contribution in [3.63, 3.8) is 0 Å². The molecule has 5 nitrogen and oxygen atoms in total. The predicted molar refractivity (Wildman–Crippen MR) is 107 cm³/mol. The van der Waals surface area contributed by atoms with Gasteiger partial charge in [-0.15, -0.1) is 0 Å². The summed E-state index contributed by atoms with van der Waals surface area (Å²) in [5.74, 6) is 1.62. The number of aromatic nitrogens is 1. The molecule has 1 atom stereocenters. The number of nitrogens with one attached hydrogen (secondary N) is 2. The Hall–Kier alpha value is -1.98. The average molecular weight is 380 g/mol. The van der Waals surface area contributed by atoms with E-state index in [1.165, 1.54) is 0 Å². The van der Waals surface area contributed by atoms with Crippen LogP contribution in [0.2, 0.25) is 10.0 Å². The number of hydrogen-bond donors (Lipinski definition) is 2. The maximum atomic E-state index is 6.28. The lowest BCUT2D eigenvalue weighted by molar-refractivity contribution is 0.685. The van der Waals surface area contributed by atoms with Crippen molar-refractivity contribution in [2.75, 3.05) is 26.0 Å². The van der Waals surface area contributed by atoms with Crippen LogP contribution in [-0.4, -0.2) is 32.1 Å². The van der Waals surface area contributed by atoms with E-state index in [4.69, 9.17) is 23.2 Å². The molecule has 0 spiro atoms. The number of hydrogen-bond acceptors (Lipinski definition) is 3. The molecule has 0 saturated carbocycles. The topological polar surface area (TPSA) is 52.6 Å². The number of anilines is 1. The monoisotopic (exact) mass is 379 g/mol. The molecule has 0 saturated heterocycles.